The van der Waals surface area contributed by atoms with Crippen LogP contribution in [0.4, 0.5) is 5.69 Å². The number of fused-ring (bicyclic) bond motifs is 2. The Labute approximate surface area is 174 Å². The zero-order chi connectivity index (χ0) is 20.5. The van der Waals surface area contributed by atoms with Gasteiger partial charge in [-0.3, -0.25) is 14.0 Å². The smallest absolute Gasteiger partial charge is 0.282 e. The van der Waals surface area contributed by atoms with Gasteiger partial charge in [0.25, 0.3) is 11.5 Å². The van der Waals surface area contributed by atoms with E-state index in [9.17, 15) is 9.59 Å². The Bertz CT molecular complexity index is 1420. The summed E-state index contributed by atoms with van der Waals surface area (Å²) in [5, 5.41) is 4.39. The highest BCUT2D eigenvalue weighted by atomic mass is 32.1. The first-order chi connectivity index (χ1) is 14.7. The zero-order valence-corrected chi connectivity index (χ0v) is 16.5. The second-order valence-electron chi connectivity index (χ2n) is 6.73. The topological polar surface area (TPSA) is 94.2 Å². The van der Waals surface area contributed by atoms with E-state index in [0.717, 1.165) is 13.0 Å². The molecule has 148 valence electrons. The first-order valence-corrected chi connectivity index (χ1v) is 10.2. The average molecular weight is 416 g/mol. The van der Waals surface area contributed by atoms with Gasteiger partial charge in [-0.1, -0.05) is 30.3 Å². The molecule has 1 N–H and O–H groups in total. The number of benzene rings is 1. The molecule has 0 saturated carbocycles. The predicted octanol–water partition coefficient (Wildman–Crippen LogP) is 3.00. The molecule has 0 bridgehead atoms. The minimum Gasteiger partial charge on any atom is -0.316 e. The van der Waals surface area contributed by atoms with Crippen molar-refractivity contribution in [2.45, 2.75) is 13.0 Å². The molecular formula is C21H16N6O2S. The first-order valence-electron chi connectivity index (χ1n) is 9.30. The van der Waals surface area contributed by atoms with Crippen LogP contribution in [0, 0.1) is 0 Å². The van der Waals surface area contributed by atoms with Gasteiger partial charge in [-0.05, 0) is 18.1 Å². The Balaban J connectivity index is 1.36. The summed E-state index contributed by atoms with van der Waals surface area (Å²) < 4.78 is 3.36. The van der Waals surface area contributed by atoms with Crippen molar-refractivity contribution >= 4 is 39.1 Å². The summed E-state index contributed by atoms with van der Waals surface area (Å²) >= 11 is 1.35. The number of imidazole rings is 1. The van der Waals surface area contributed by atoms with Gasteiger partial charge in [0, 0.05) is 24.3 Å². The number of rotatable bonds is 5. The van der Waals surface area contributed by atoms with Crippen molar-refractivity contribution in [2.75, 3.05) is 5.32 Å². The number of carbonyl (C=O) groups excluding carboxylic acids is 1. The third kappa shape index (κ3) is 3.35. The Morgan fingerprint density at radius 3 is 2.83 bits per heavy atom. The van der Waals surface area contributed by atoms with E-state index in [2.05, 4.69) is 32.4 Å². The number of aromatic nitrogens is 5. The van der Waals surface area contributed by atoms with E-state index in [1.54, 1.807) is 24.0 Å². The van der Waals surface area contributed by atoms with E-state index in [0.29, 0.717) is 21.7 Å². The Hall–Kier alpha value is -3.85. The van der Waals surface area contributed by atoms with Crippen LogP contribution < -0.4 is 10.9 Å². The number of nitrogens with one attached hydrogen (secondary N) is 1. The summed E-state index contributed by atoms with van der Waals surface area (Å²) in [6.45, 7) is 0.738. The summed E-state index contributed by atoms with van der Waals surface area (Å²) in [5.41, 5.74) is 2.68. The SMILES string of the molecule is O=C(Nc1cnc2sccn2c1=O)c1cnc2c(c1)ncn2CCc1ccccc1. The lowest BCUT2D eigenvalue weighted by atomic mass is 10.1. The standard InChI is InChI=1S/C21H16N6O2S/c28-19(25-17-12-23-21-27(20(17)29)8-9-30-21)15-10-16-18(22-11-15)26(13-24-16)7-6-14-4-2-1-3-5-14/h1-5,8-13H,6-7H2,(H,25,28). The number of nitrogens with zero attached hydrogens (tertiary/aromatic N) is 5. The Morgan fingerprint density at radius 1 is 1.10 bits per heavy atom. The molecule has 0 radical (unpaired) electrons. The molecule has 5 rings (SSSR count). The maximum absolute atomic E-state index is 12.6. The van der Waals surface area contributed by atoms with Crippen LogP contribution in [0.5, 0.6) is 0 Å². The molecular weight excluding hydrogens is 400 g/mol. The van der Waals surface area contributed by atoms with Crippen LogP contribution >= 0.6 is 11.3 Å². The van der Waals surface area contributed by atoms with Gasteiger partial charge in [0.2, 0.25) is 0 Å². The maximum atomic E-state index is 12.6. The van der Waals surface area contributed by atoms with E-state index in [1.165, 1.54) is 33.7 Å². The molecule has 0 aliphatic rings. The molecule has 4 heterocycles. The van der Waals surface area contributed by atoms with Crippen molar-refractivity contribution in [3.63, 3.8) is 0 Å². The summed E-state index contributed by atoms with van der Waals surface area (Å²) in [4.78, 5) is 38.6. The van der Waals surface area contributed by atoms with Crippen molar-refractivity contribution < 1.29 is 4.79 Å². The molecule has 1 aromatic carbocycles. The van der Waals surface area contributed by atoms with Crippen LogP contribution in [0.1, 0.15) is 15.9 Å². The molecule has 4 aromatic heterocycles. The highest BCUT2D eigenvalue weighted by molar-refractivity contribution is 7.15. The third-order valence-corrected chi connectivity index (χ3v) is 5.56. The maximum Gasteiger partial charge on any atom is 0.282 e. The Kier molecular flexibility index (Phi) is 4.56. The molecule has 5 aromatic rings. The molecule has 30 heavy (non-hydrogen) atoms. The van der Waals surface area contributed by atoms with Crippen LogP contribution in [-0.4, -0.2) is 29.8 Å². The van der Waals surface area contributed by atoms with E-state index in [1.807, 2.05) is 22.8 Å². The van der Waals surface area contributed by atoms with Crippen LogP contribution in [0.3, 0.4) is 0 Å². The molecule has 8 nitrogen and oxygen atoms in total. The number of anilines is 1. The van der Waals surface area contributed by atoms with Crippen molar-refractivity contribution in [3.05, 3.63) is 88.2 Å². The minimum absolute atomic E-state index is 0.115. The van der Waals surface area contributed by atoms with Crippen molar-refractivity contribution in [1.29, 1.82) is 0 Å². The molecule has 0 spiro atoms. The fraction of sp³-hybridized carbons (Fsp3) is 0.0952. The van der Waals surface area contributed by atoms with Gasteiger partial charge in [0.1, 0.15) is 11.2 Å². The number of amides is 1. The van der Waals surface area contributed by atoms with Crippen molar-refractivity contribution in [1.82, 2.24) is 23.9 Å². The largest absolute Gasteiger partial charge is 0.316 e. The molecule has 0 unspecified atom stereocenters. The fourth-order valence-corrected chi connectivity index (χ4v) is 3.91. The predicted molar refractivity (Wildman–Crippen MR) is 115 cm³/mol. The quantitative estimate of drug-likeness (QED) is 0.475. The third-order valence-electron chi connectivity index (χ3n) is 4.79. The lowest BCUT2D eigenvalue weighted by molar-refractivity contribution is 0.102. The fourth-order valence-electron chi connectivity index (χ4n) is 3.24. The number of pyridine rings is 1. The van der Waals surface area contributed by atoms with Gasteiger partial charge in [-0.15, -0.1) is 11.3 Å². The number of hydrogen-bond donors (Lipinski definition) is 1. The van der Waals surface area contributed by atoms with Crippen LogP contribution in [0.2, 0.25) is 0 Å². The Morgan fingerprint density at radius 2 is 1.97 bits per heavy atom. The van der Waals surface area contributed by atoms with Gasteiger partial charge in [0.15, 0.2) is 10.6 Å². The number of carbonyl (C=O) groups is 1. The summed E-state index contributed by atoms with van der Waals surface area (Å²) in [5.74, 6) is -0.433. The molecule has 0 aliphatic carbocycles. The molecule has 0 fully saturated rings. The first kappa shape index (κ1) is 18.2. The summed E-state index contributed by atoms with van der Waals surface area (Å²) in [6.07, 6.45) is 7.07. The molecule has 1 amide bonds. The van der Waals surface area contributed by atoms with Gasteiger partial charge >= 0.3 is 0 Å². The zero-order valence-electron chi connectivity index (χ0n) is 15.7. The van der Waals surface area contributed by atoms with E-state index >= 15 is 0 Å². The summed E-state index contributed by atoms with van der Waals surface area (Å²) in [7, 11) is 0. The monoisotopic (exact) mass is 416 g/mol. The van der Waals surface area contributed by atoms with Crippen molar-refractivity contribution in [2.24, 2.45) is 0 Å². The van der Waals surface area contributed by atoms with Gasteiger partial charge in [-0.25, -0.2) is 15.0 Å². The second kappa shape index (κ2) is 7.53. The lowest BCUT2D eigenvalue weighted by Crippen LogP contribution is -2.22. The highest BCUT2D eigenvalue weighted by Gasteiger charge is 2.14. The van der Waals surface area contributed by atoms with Gasteiger partial charge in [0.05, 0.1) is 18.1 Å². The number of thiazole rings is 1. The number of hydrogen-bond acceptors (Lipinski definition) is 6. The van der Waals surface area contributed by atoms with E-state index < -0.39 is 5.91 Å². The van der Waals surface area contributed by atoms with Crippen LogP contribution in [0.15, 0.2) is 71.5 Å². The van der Waals surface area contributed by atoms with Crippen LogP contribution in [0.25, 0.3) is 16.1 Å². The van der Waals surface area contributed by atoms with E-state index in [-0.39, 0.29) is 11.2 Å². The van der Waals surface area contributed by atoms with Gasteiger partial charge in [-0.2, -0.15) is 0 Å². The minimum atomic E-state index is -0.433. The van der Waals surface area contributed by atoms with E-state index in [4.69, 9.17) is 0 Å². The van der Waals surface area contributed by atoms with Crippen molar-refractivity contribution in [3.8, 4) is 0 Å². The average Bonchev–Trinajstić information content (AvgIpc) is 3.42. The second-order valence-corrected chi connectivity index (χ2v) is 7.60. The molecule has 9 heteroatoms. The lowest BCUT2D eigenvalue weighted by Gasteiger charge is -2.06. The normalized spacial score (nSPS) is 11.2. The molecule has 0 saturated heterocycles. The van der Waals surface area contributed by atoms with Gasteiger partial charge < -0.3 is 9.88 Å². The molecule has 0 atom stereocenters. The highest BCUT2D eigenvalue weighted by Crippen LogP contribution is 2.15. The summed E-state index contributed by atoms with van der Waals surface area (Å²) in [6, 6.07) is 11.9. The molecule has 0 aliphatic heterocycles. The number of aryl methyl sites for hydroxylation is 2. The van der Waals surface area contributed by atoms with Crippen LogP contribution in [-0.2, 0) is 13.0 Å².